The molecule has 4 rings (SSSR count). The fraction of sp³-hybridized carbons (Fsp3) is 0.0870. The molecule has 32 heavy (non-hydrogen) atoms. The number of nitriles is 1. The van der Waals surface area contributed by atoms with Gasteiger partial charge in [-0.05, 0) is 48.0 Å². The van der Waals surface area contributed by atoms with Gasteiger partial charge < -0.3 is 4.57 Å². The Morgan fingerprint density at radius 3 is 2.44 bits per heavy atom. The molecule has 0 radical (unpaired) electrons. The molecule has 0 atom stereocenters. The number of halogens is 2. The van der Waals surface area contributed by atoms with E-state index in [0.29, 0.717) is 22.3 Å². The minimum atomic E-state index is -3.48. The molecule has 4 aromatic rings. The van der Waals surface area contributed by atoms with Gasteiger partial charge in [-0.15, -0.1) is 0 Å². The molecule has 1 N–H and O–H groups in total. The van der Waals surface area contributed by atoms with Crippen LogP contribution in [0.2, 0.25) is 0 Å². The first kappa shape index (κ1) is 21.9. The Balaban J connectivity index is 1.82. The molecule has 5 nitrogen and oxygen atoms in total. The van der Waals surface area contributed by atoms with E-state index in [4.69, 9.17) is 0 Å². The average Bonchev–Trinajstić information content (AvgIpc) is 3.03. The summed E-state index contributed by atoms with van der Waals surface area (Å²) in [6.45, 7) is 0.175. The van der Waals surface area contributed by atoms with Gasteiger partial charge in [0.2, 0.25) is 10.0 Å². The zero-order chi connectivity index (χ0) is 22.9. The van der Waals surface area contributed by atoms with Crippen LogP contribution < -0.4 is 4.72 Å². The van der Waals surface area contributed by atoms with Crippen LogP contribution >= 0.6 is 11.8 Å². The zero-order valence-electron chi connectivity index (χ0n) is 16.8. The first-order valence-corrected chi connectivity index (χ1v) is 12.2. The first-order chi connectivity index (χ1) is 15.2. The van der Waals surface area contributed by atoms with Gasteiger partial charge in [-0.3, -0.25) is 4.72 Å². The maximum atomic E-state index is 13.7. The standard InChI is InChI=1S/C23H17F2N3O2S2/c1-32(29,30)27-19-6-7-20-21(11-19)28(13-15-8-17(24)10-18(25)9-15)14-23(20)31-22-5-3-2-4-16(22)12-26/h2-11,14,27H,13H2,1H3. The second kappa shape index (κ2) is 8.65. The molecule has 0 aliphatic carbocycles. The summed E-state index contributed by atoms with van der Waals surface area (Å²) in [6.07, 6.45) is 2.89. The number of aromatic nitrogens is 1. The van der Waals surface area contributed by atoms with E-state index in [1.54, 1.807) is 34.9 Å². The Morgan fingerprint density at radius 2 is 1.75 bits per heavy atom. The van der Waals surface area contributed by atoms with Crippen molar-refractivity contribution in [1.82, 2.24) is 4.57 Å². The van der Waals surface area contributed by atoms with Crippen LogP contribution in [0.25, 0.3) is 10.9 Å². The maximum Gasteiger partial charge on any atom is 0.229 e. The highest BCUT2D eigenvalue weighted by Crippen LogP contribution is 2.37. The zero-order valence-corrected chi connectivity index (χ0v) is 18.5. The van der Waals surface area contributed by atoms with Crippen molar-refractivity contribution in [2.75, 3.05) is 11.0 Å². The molecule has 0 aliphatic rings. The summed E-state index contributed by atoms with van der Waals surface area (Å²) in [5.74, 6) is -1.35. The van der Waals surface area contributed by atoms with Crippen molar-refractivity contribution < 1.29 is 17.2 Å². The van der Waals surface area contributed by atoms with Crippen molar-refractivity contribution in [3.63, 3.8) is 0 Å². The molecule has 0 bridgehead atoms. The molecule has 0 spiro atoms. The average molecular weight is 470 g/mol. The Labute approximate surface area is 188 Å². The van der Waals surface area contributed by atoms with E-state index in [1.807, 2.05) is 18.3 Å². The summed E-state index contributed by atoms with van der Waals surface area (Å²) in [6, 6.07) is 17.8. The molecule has 1 aromatic heterocycles. The quantitative estimate of drug-likeness (QED) is 0.412. The predicted octanol–water partition coefficient (Wildman–Crippen LogP) is 5.36. The molecular formula is C23H17F2N3O2S2. The van der Waals surface area contributed by atoms with Gasteiger partial charge in [0.1, 0.15) is 17.7 Å². The van der Waals surface area contributed by atoms with E-state index in [2.05, 4.69) is 10.8 Å². The van der Waals surface area contributed by atoms with Crippen LogP contribution in [0.15, 0.2) is 76.7 Å². The summed E-state index contributed by atoms with van der Waals surface area (Å²) in [5, 5.41) is 10.2. The number of hydrogen-bond donors (Lipinski definition) is 1. The summed E-state index contributed by atoms with van der Waals surface area (Å²) >= 11 is 1.39. The van der Waals surface area contributed by atoms with Crippen molar-refractivity contribution in [2.45, 2.75) is 16.3 Å². The van der Waals surface area contributed by atoms with Gasteiger partial charge in [0.25, 0.3) is 0 Å². The molecule has 1 heterocycles. The van der Waals surface area contributed by atoms with Crippen LogP contribution in [-0.4, -0.2) is 19.2 Å². The summed E-state index contributed by atoms with van der Waals surface area (Å²) < 4.78 is 55.0. The molecule has 9 heteroatoms. The second-order valence-electron chi connectivity index (χ2n) is 7.22. The third-order valence-corrected chi connectivity index (χ3v) is 6.38. The third kappa shape index (κ3) is 4.93. The van der Waals surface area contributed by atoms with Gasteiger partial charge in [-0.25, -0.2) is 17.2 Å². The fourth-order valence-corrected chi connectivity index (χ4v) is 5.04. The molecule has 162 valence electrons. The highest BCUT2D eigenvalue weighted by atomic mass is 32.2. The molecule has 0 unspecified atom stereocenters. The van der Waals surface area contributed by atoms with E-state index >= 15 is 0 Å². The van der Waals surface area contributed by atoms with Crippen LogP contribution in [-0.2, 0) is 16.6 Å². The lowest BCUT2D eigenvalue weighted by Gasteiger charge is -2.08. The predicted molar refractivity (Wildman–Crippen MR) is 121 cm³/mol. The minimum Gasteiger partial charge on any atom is -0.342 e. The van der Waals surface area contributed by atoms with Gasteiger partial charge >= 0.3 is 0 Å². The van der Waals surface area contributed by atoms with Crippen molar-refractivity contribution in [2.24, 2.45) is 0 Å². The van der Waals surface area contributed by atoms with Crippen LogP contribution in [0.3, 0.4) is 0 Å². The SMILES string of the molecule is CS(=O)(=O)Nc1ccc2c(Sc3ccccc3C#N)cn(Cc3cc(F)cc(F)c3)c2c1. The summed E-state index contributed by atoms with van der Waals surface area (Å²) in [7, 11) is -3.48. The molecule has 3 aromatic carbocycles. The van der Waals surface area contributed by atoms with E-state index in [-0.39, 0.29) is 6.54 Å². The number of anilines is 1. The lowest BCUT2D eigenvalue weighted by molar-refractivity contribution is 0.578. The summed E-state index contributed by atoms with van der Waals surface area (Å²) in [5.41, 5.74) is 2.01. The number of fused-ring (bicyclic) bond motifs is 1. The van der Waals surface area contributed by atoms with Crippen LogP contribution in [0, 0.1) is 23.0 Å². The van der Waals surface area contributed by atoms with Gasteiger partial charge in [-0.1, -0.05) is 23.9 Å². The van der Waals surface area contributed by atoms with E-state index < -0.39 is 21.7 Å². The van der Waals surface area contributed by atoms with Gasteiger partial charge in [0.15, 0.2) is 0 Å². The molecule has 0 saturated heterocycles. The first-order valence-electron chi connectivity index (χ1n) is 9.44. The number of hydrogen-bond acceptors (Lipinski definition) is 4. The molecule has 0 saturated carbocycles. The smallest absolute Gasteiger partial charge is 0.229 e. The topological polar surface area (TPSA) is 74.9 Å². The number of sulfonamides is 1. The number of nitrogens with zero attached hydrogens (tertiary/aromatic N) is 2. The van der Waals surface area contributed by atoms with Crippen molar-refractivity contribution in [1.29, 1.82) is 5.26 Å². The monoisotopic (exact) mass is 469 g/mol. The molecule has 0 fully saturated rings. The van der Waals surface area contributed by atoms with Crippen LogP contribution in [0.4, 0.5) is 14.5 Å². The normalized spacial score (nSPS) is 11.4. The van der Waals surface area contributed by atoms with Gasteiger partial charge in [-0.2, -0.15) is 5.26 Å². The largest absolute Gasteiger partial charge is 0.342 e. The van der Waals surface area contributed by atoms with E-state index in [9.17, 15) is 22.5 Å². The molecule has 0 aliphatic heterocycles. The Bertz CT molecular complexity index is 1450. The summed E-state index contributed by atoms with van der Waals surface area (Å²) in [4.78, 5) is 1.59. The third-order valence-electron chi connectivity index (χ3n) is 4.65. The van der Waals surface area contributed by atoms with E-state index in [1.165, 1.54) is 23.9 Å². The highest BCUT2D eigenvalue weighted by molar-refractivity contribution is 7.99. The van der Waals surface area contributed by atoms with Crippen molar-refractivity contribution >= 4 is 38.4 Å². The van der Waals surface area contributed by atoms with Crippen LogP contribution in [0.5, 0.6) is 0 Å². The Hall–Kier alpha value is -3.35. The second-order valence-corrected chi connectivity index (χ2v) is 10.0. The van der Waals surface area contributed by atoms with Gasteiger partial charge in [0.05, 0.1) is 23.0 Å². The molecular weight excluding hydrogens is 452 g/mol. The lowest BCUT2D eigenvalue weighted by atomic mass is 10.2. The number of rotatable bonds is 6. The highest BCUT2D eigenvalue weighted by Gasteiger charge is 2.14. The Morgan fingerprint density at radius 1 is 1.03 bits per heavy atom. The number of benzene rings is 3. The van der Waals surface area contributed by atoms with E-state index in [0.717, 1.165) is 27.5 Å². The van der Waals surface area contributed by atoms with Gasteiger partial charge in [0, 0.05) is 34.0 Å². The fourth-order valence-electron chi connectivity index (χ4n) is 3.41. The van der Waals surface area contributed by atoms with Crippen molar-refractivity contribution in [3.05, 3.63) is 89.6 Å². The Kier molecular flexibility index (Phi) is 5.91. The maximum absolute atomic E-state index is 13.7. The van der Waals surface area contributed by atoms with Crippen LogP contribution in [0.1, 0.15) is 11.1 Å². The number of nitrogens with one attached hydrogen (secondary N) is 1. The van der Waals surface area contributed by atoms with Crippen molar-refractivity contribution in [3.8, 4) is 6.07 Å². The lowest BCUT2D eigenvalue weighted by Crippen LogP contribution is -2.09. The minimum absolute atomic E-state index is 0.175. The molecule has 0 amide bonds.